The highest BCUT2D eigenvalue weighted by molar-refractivity contribution is 6.03. The molecule has 0 bridgehead atoms. The number of nitrogens with one attached hydrogen (secondary N) is 1. The summed E-state index contributed by atoms with van der Waals surface area (Å²) in [6.45, 7) is 8.29. The zero-order valence-corrected chi connectivity index (χ0v) is 12.9. The summed E-state index contributed by atoms with van der Waals surface area (Å²) in [5.74, 6) is 1.61. The lowest BCUT2D eigenvalue weighted by Gasteiger charge is -2.19. The van der Waals surface area contributed by atoms with Gasteiger partial charge in [-0.05, 0) is 12.8 Å². The molecule has 1 atom stereocenters. The summed E-state index contributed by atoms with van der Waals surface area (Å²) in [7, 11) is 0. The minimum absolute atomic E-state index is 0.203. The van der Waals surface area contributed by atoms with Gasteiger partial charge in [-0.1, -0.05) is 20.8 Å². The Kier molecular flexibility index (Phi) is 4.67. The first kappa shape index (κ1) is 15.2. The van der Waals surface area contributed by atoms with Crippen LogP contribution in [-0.4, -0.2) is 25.7 Å². The summed E-state index contributed by atoms with van der Waals surface area (Å²) in [5, 5.41) is 7.14. The normalized spacial score (nSPS) is 12.4. The van der Waals surface area contributed by atoms with Crippen LogP contribution in [0.4, 0.5) is 5.82 Å². The summed E-state index contributed by atoms with van der Waals surface area (Å²) in [5.41, 5.74) is 0.442. The standard InChI is InChI=1S/C15H21N5O/c1-5-13-16-8-12(9-17-13)15(21)19-14-6-7-18-20(14)11(4)10(2)3/h6-11H,5H2,1-4H3,(H,19,21)/t11-/m0/s1. The Balaban J connectivity index is 2.14. The van der Waals surface area contributed by atoms with E-state index in [0.717, 1.165) is 12.2 Å². The largest absolute Gasteiger partial charge is 0.307 e. The molecule has 21 heavy (non-hydrogen) atoms. The molecular formula is C15H21N5O. The van der Waals surface area contributed by atoms with Crippen molar-refractivity contribution in [3.05, 3.63) is 36.0 Å². The van der Waals surface area contributed by atoms with Crippen LogP contribution in [0, 0.1) is 5.92 Å². The van der Waals surface area contributed by atoms with Crippen LogP contribution < -0.4 is 5.32 Å². The number of aromatic nitrogens is 4. The van der Waals surface area contributed by atoms with Crippen LogP contribution in [0.2, 0.25) is 0 Å². The number of hydrogen-bond donors (Lipinski definition) is 1. The fraction of sp³-hybridized carbons (Fsp3) is 0.467. The molecule has 112 valence electrons. The molecule has 0 saturated carbocycles. The highest BCUT2D eigenvalue weighted by Crippen LogP contribution is 2.21. The number of anilines is 1. The Bertz CT molecular complexity index is 603. The van der Waals surface area contributed by atoms with Crippen molar-refractivity contribution in [2.24, 2.45) is 5.92 Å². The number of carbonyl (C=O) groups is 1. The number of amides is 1. The van der Waals surface area contributed by atoms with Gasteiger partial charge >= 0.3 is 0 Å². The lowest BCUT2D eigenvalue weighted by Crippen LogP contribution is -2.20. The molecule has 0 fully saturated rings. The average molecular weight is 287 g/mol. The van der Waals surface area contributed by atoms with Gasteiger partial charge in [0.1, 0.15) is 11.6 Å². The third-order valence-corrected chi connectivity index (χ3v) is 3.55. The van der Waals surface area contributed by atoms with Crippen LogP contribution in [0.25, 0.3) is 0 Å². The van der Waals surface area contributed by atoms with Crippen molar-refractivity contribution in [1.29, 1.82) is 0 Å². The number of rotatable bonds is 5. The fourth-order valence-electron chi connectivity index (χ4n) is 1.86. The summed E-state index contributed by atoms with van der Waals surface area (Å²) in [6, 6.07) is 1.99. The first-order valence-electron chi connectivity index (χ1n) is 7.18. The second-order valence-electron chi connectivity index (χ2n) is 5.34. The van der Waals surface area contributed by atoms with E-state index in [1.165, 1.54) is 0 Å². The molecule has 0 radical (unpaired) electrons. The molecule has 6 nitrogen and oxygen atoms in total. The predicted octanol–water partition coefficient (Wildman–Crippen LogP) is 2.70. The van der Waals surface area contributed by atoms with Gasteiger partial charge in [0, 0.05) is 24.9 Å². The van der Waals surface area contributed by atoms with E-state index in [1.54, 1.807) is 24.7 Å². The van der Waals surface area contributed by atoms with Crippen molar-refractivity contribution in [3.8, 4) is 0 Å². The van der Waals surface area contributed by atoms with E-state index in [1.807, 2.05) is 11.6 Å². The Hall–Kier alpha value is -2.24. The van der Waals surface area contributed by atoms with Crippen molar-refractivity contribution in [2.45, 2.75) is 40.2 Å². The molecule has 2 heterocycles. The first-order chi connectivity index (χ1) is 10.0. The maximum atomic E-state index is 12.2. The van der Waals surface area contributed by atoms with Crippen molar-refractivity contribution in [2.75, 3.05) is 5.32 Å². The predicted molar refractivity (Wildman–Crippen MR) is 81.1 cm³/mol. The molecule has 1 N–H and O–H groups in total. The van der Waals surface area contributed by atoms with Crippen molar-refractivity contribution in [3.63, 3.8) is 0 Å². The molecule has 6 heteroatoms. The molecule has 0 aliphatic rings. The summed E-state index contributed by atoms with van der Waals surface area (Å²) in [6.07, 6.45) is 5.53. The molecule has 0 aliphatic heterocycles. The van der Waals surface area contributed by atoms with Crippen molar-refractivity contribution < 1.29 is 4.79 Å². The van der Waals surface area contributed by atoms with Gasteiger partial charge in [-0.3, -0.25) is 4.79 Å². The van der Waals surface area contributed by atoms with Gasteiger partial charge in [-0.25, -0.2) is 14.6 Å². The number of carbonyl (C=O) groups excluding carboxylic acids is 1. The van der Waals surface area contributed by atoms with Crippen LogP contribution in [0.15, 0.2) is 24.7 Å². The van der Waals surface area contributed by atoms with E-state index >= 15 is 0 Å². The average Bonchev–Trinajstić information content (AvgIpc) is 2.94. The second-order valence-corrected chi connectivity index (χ2v) is 5.34. The van der Waals surface area contributed by atoms with E-state index in [4.69, 9.17) is 0 Å². The van der Waals surface area contributed by atoms with E-state index in [0.29, 0.717) is 17.3 Å². The lowest BCUT2D eigenvalue weighted by atomic mass is 10.1. The first-order valence-corrected chi connectivity index (χ1v) is 7.18. The van der Waals surface area contributed by atoms with Gasteiger partial charge in [0.15, 0.2) is 0 Å². The Morgan fingerprint density at radius 1 is 1.29 bits per heavy atom. The van der Waals surface area contributed by atoms with Gasteiger partial charge in [0.2, 0.25) is 0 Å². The third kappa shape index (κ3) is 3.45. The number of hydrogen-bond acceptors (Lipinski definition) is 4. The fourth-order valence-corrected chi connectivity index (χ4v) is 1.86. The Morgan fingerprint density at radius 3 is 2.52 bits per heavy atom. The van der Waals surface area contributed by atoms with Crippen LogP contribution in [0.3, 0.4) is 0 Å². The highest BCUT2D eigenvalue weighted by Gasteiger charge is 2.16. The Labute approximate surface area is 124 Å². The molecular weight excluding hydrogens is 266 g/mol. The topological polar surface area (TPSA) is 72.7 Å². The van der Waals surface area contributed by atoms with Gasteiger partial charge in [-0.2, -0.15) is 5.10 Å². The highest BCUT2D eigenvalue weighted by atomic mass is 16.1. The Morgan fingerprint density at radius 2 is 1.95 bits per heavy atom. The van der Waals surface area contributed by atoms with Crippen LogP contribution >= 0.6 is 0 Å². The molecule has 2 aromatic rings. The summed E-state index contributed by atoms with van der Waals surface area (Å²) in [4.78, 5) is 20.5. The maximum absolute atomic E-state index is 12.2. The van der Waals surface area contributed by atoms with Gasteiger partial charge in [0.25, 0.3) is 5.91 Å². The minimum atomic E-state index is -0.227. The molecule has 2 rings (SSSR count). The van der Waals surface area contributed by atoms with Crippen molar-refractivity contribution >= 4 is 11.7 Å². The molecule has 1 amide bonds. The van der Waals surface area contributed by atoms with E-state index in [-0.39, 0.29) is 11.9 Å². The minimum Gasteiger partial charge on any atom is -0.307 e. The molecule has 0 saturated heterocycles. The van der Waals surface area contributed by atoms with Gasteiger partial charge in [0.05, 0.1) is 17.8 Å². The SMILES string of the molecule is CCc1ncc(C(=O)Nc2ccnn2[C@@H](C)C(C)C)cn1. The molecule has 2 aromatic heterocycles. The van der Waals surface area contributed by atoms with Crippen molar-refractivity contribution in [1.82, 2.24) is 19.7 Å². The molecule has 0 aromatic carbocycles. The van der Waals surface area contributed by atoms with E-state index in [9.17, 15) is 4.79 Å². The number of aryl methyl sites for hydroxylation is 1. The van der Waals surface area contributed by atoms with Gasteiger partial charge in [-0.15, -0.1) is 0 Å². The number of nitrogens with zero attached hydrogens (tertiary/aromatic N) is 4. The third-order valence-electron chi connectivity index (χ3n) is 3.55. The zero-order chi connectivity index (χ0) is 15.4. The monoisotopic (exact) mass is 287 g/mol. The van der Waals surface area contributed by atoms with Crippen LogP contribution in [0.1, 0.15) is 49.9 Å². The quantitative estimate of drug-likeness (QED) is 0.917. The smallest absolute Gasteiger partial charge is 0.259 e. The van der Waals surface area contributed by atoms with E-state index < -0.39 is 0 Å². The maximum Gasteiger partial charge on any atom is 0.259 e. The summed E-state index contributed by atoms with van der Waals surface area (Å²) < 4.78 is 1.82. The second kappa shape index (κ2) is 6.47. The van der Waals surface area contributed by atoms with Crippen LogP contribution in [0.5, 0.6) is 0 Å². The van der Waals surface area contributed by atoms with Crippen LogP contribution in [-0.2, 0) is 6.42 Å². The summed E-state index contributed by atoms with van der Waals surface area (Å²) >= 11 is 0. The zero-order valence-electron chi connectivity index (χ0n) is 12.9. The molecule has 0 spiro atoms. The van der Waals surface area contributed by atoms with Gasteiger partial charge < -0.3 is 5.32 Å². The lowest BCUT2D eigenvalue weighted by molar-refractivity contribution is 0.102. The molecule has 0 aliphatic carbocycles. The van der Waals surface area contributed by atoms with E-state index in [2.05, 4.69) is 41.2 Å². The molecule has 0 unspecified atom stereocenters.